The first-order chi connectivity index (χ1) is 13.5. The van der Waals surface area contributed by atoms with E-state index in [1.54, 1.807) is 43.3 Å². The topological polar surface area (TPSA) is 95.1 Å². The zero-order chi connectivity index (χ0) is 20.5. The SMILES string of the molecule is CCOC(=O)Nc1ccc(C(=O)NCc2cc(OC)c(OC)c(OC)c2)cc1. The van der Waals surface area contributed by atoms with Gasteiger partial charge < -0.3 is 24.3 Å². The standard InChI is InChI=1S/C20H24N2O6/c1-5-28-20(24)22-15-8-6-14(7-9-15)19(23)21-12-13-10-16(25-2)18(27-4)17(11-13)26-3/h6-11H,5,12H2,1-4H3,(H,21,23)(H,22,24). The first-order valence-electron chi connectivity index (χ1n) is 8.63. The highest BCUT2D eigenvalue weighted by molar-refractivity contribution is 5.95. The van der Waals surface area contributed by atoms with Crippen LogP contribution in [0.3, 0.4) is 0 Å². The summed E-state index contributed by atoms with van der Waals surface area (Å²) in [7, 11) is 4.60. The van der Waals surface area contributed by atoms with Crippen molar-refractivity contribution in [2.24, 2.45) is 0 Å². The van der Waals surface area contributed by atoms with Gasteiger partial charge in [-0.2, -0.15) is 0 Å². The van der Waals surface area contributed by atoms with Gasteiger partial charge in [-0.25, -0.2) is 4.79 Å². The third-order valence-corrected chi connectivity index (χ3v) is 3.85. The van der Waals surface area contributed by atoms with Gasteiger partial charge in [0.25, 0.3) is 5.91 Å². The predicted octanol–water partition coefficient (Wildman–Crippen LogP) is 3.21. The molecule has 0 aliphatic rings. The van der Waals surface area contributed by atoms with Crippen molar-refractivity contribution in [3.05, 3.63) is 47.5 Å². The third kappa shape index (κ3) is 5.29. The molecule has 0 spiro atoms. The van der Waals surface area contributed by atoms with E-state index in [1.807, 2.05) is 0 Å². The van der Waals surface area contributed by atoms with Gasteiger partial charge in [0.1, 0.15) is 0 Å². The van der Waals surface area contributed by atoms with E-state index in [2.05, 4.69) is 10.6 Å². The predicted molar refractivity (Wildman–Crippen MR) is 104 cm³/mol. The normalized spacial score (nSPS) is 10.0. The van der Waals surface area contributed by atoms with E-state index >= 15 is 0 Å². The molecule has 0 atom stereocenters. The van der Waals surface area contributed by atoms with Crippen LogP contribution < -0.4 is 24.8 Å². The quantitative estimate of drug-likeness (QED) is 0.721. The maximum atomic E-state index is 12.4. The Bertz CT molecular complexity index is 795. The Balaban J connectivity index is 2.03. The zero-order valence-electron chi connectivity index (χ0n) is 16.3. The first kappa shape index (κ1) is 20.9. The number of benzene rings is 2. The maximum Gasteiger partial charge on any atom is 0.411 e. The Morgan fingerprint density at radius 3 is 2.04 bits per heavy atom. The second-order valence-corrected chi connectivity index (χ2v) is 5.64. The fourth-order valence-corrected chi connectivity index (χ4v) is 2.51. The number of hydrogen-bond donors (Lipinski definition) is 2. The Morgan fingerprint density at radius 1 is 0.929 bits per heavy atom. The second-order valence-electron chi connectivity index (χ2n) is 5.64. The third-order valence-electron chi connectivity index (χ3n) is 3.85. The highest BCUT2D eigenvalue weighted by Gasteiger charge is 2.14. The van der Waals surface area contributed by atoms with Gasteiger partial charge in [-0.3, -0.25) is 10.1 Å². The molecular formula is C20H24N2O6. The summed E-state index contributed by atoms with van der Waals surface area (Å²) in [5.41, 5.74) is 1.80. The molecular weight excluding hydrogens is 364 g/mol. The van der Waals surface area contributed by atoms with Gasteiger partial charge in [-0.1, -0.05) is 0 Å². The summed E-state index contributed by atoms with van der Waals surface area (Å²) < 4.78 is 20.7. The van der Waals surface area contributed by atoms with Crippen molar-refractivity contribution in [3.63, 3.8) is 0 Å². The van der Waals surface area contributed by atoms with Crippen LogP contribution in [0.5, 0.6) is 17.2 Å². The number of carbonyl (C=O) groups is 2. The van der Waals surface area contributed by atoms with E-state index in [4.69, 9.17) is 18.9 Å². The molecule has 8 nitrogen and oxygen atoms in total. The molecule has 0 unspecified atom stereocenters. The first-order valence-corrected chi connectivity index (χ1v) is 8.63. The van der Waals surface area contributed by atoms with E-state index in [0.29, 0.717) is 28.5 Å². The van der Waals surface area contributed by atoms with Gasteiger partial charge in [0.2, 0.25) is 5.75 Å². The van der Waals surface area contributed by atoms with Gasteiger partial charge >= 0.3 is 6.09 Å². The van der Waals surface area contributed by atoms with Crippen LogP contribution in [0.15, 0.2) is 36.4 Å². The van der Waals surface area contributed by atoms with E-state index < -0.39 is 6.09 Å². The zero-order valence-corrected chi connectivity index (χ0v) is 16.3. The number of carbonyl (C=O) groups excluding carboxylic acids is 2. The summed E-state index contributed by atoms with van der Waals surface area (Å²) in [6.45, 7) is 2.28. The Kier molecular flexibility index (Phi) is 7.50. The van der Waals surface area contributed by atoms with Crippen molar-refractivity contribution in [2.75, 3.05) is 33.3 Å². The lowest BCUT2D eigenvalue weighted by molar-refractivity contribution is 0.0950. The average molecular weight is 388 g/mol. The molecule has 2 aromatic carbocycles. The van der Waals surface area contributed by atoms with Crippen LogP contribution in [-0.2, 0) is 11.3 Å². The molecule has 0 bridgehead atoms. The lowest BCUT2D eigenvalue weighted by atomic mass is 10.1. The molecule has 2 aromatic rings. The number of hydrogen-bond acceptors (Lipinski definition) is 6. The smallest absolute Gasteiger partial charge is 0.411 e. The van der Waals surface area contributed by atoms with Crippen molar-refractivity contribution in [3.8, 4) is 17.2 Å². The highest BCUT2D eigenvalue weighted by atomic mass is 16.5. The summed E-state index contributed by atoms with van der Waals surface area (Å²) in [6.07, 6.45) is -0.540. The molecule has 150 valence electrons. The number of nitrogens with one attached hydrogen (secondary N) is 2. The van der Waals surface area contributed by atoms with Crippen molar-refractivity contribution in [1.29, 1.82) is 0 Å². The van der Waals surface area contributed by atoms with Gasteiger partial charge in [0.05, 0.1) is 27.9 Å². The molecule has 0 aliphatic heterocycles. The molecule has 0 saturated heterocycles. The van der Waals surface area contributed by atoms with Gasteiger partial charge in [-0.15, -0.1) is 0 Å². The van der Waals surface area contributed by atoms with Gasteiger partial charge in [0.15, 0.2) is 11.5 Å². The molecule has 0 heterocycles. The van der Waals surface area contributed by atoms with Crippen molar-refractivity contribution in [2.45, 2.75) is 13.5 Å². The largest absolute Gasteiger partial charge is 0.493 e. The van der Waals surface area contributed by atoms with Crippen LogP contribution in [0, 0.1) is 0 Å². The summed E-state index contributed by atoms with van der Waals surface area (Å²) in [4.78, 5) is 23.8. The van der Waals surface area contributed by atoms with Crippen LogP contribution in [0.4, 0.5) is 10.5 Å². The van der Waals surface area contributed by atoms with Crippen LogP contribution >= 0.6 is 0 Å². The maximum absolute atomic E-state index is 12.4. The fraction of sp³-hybridized carbons (Fsp3) is 0.300. The van der Waals surface area contributed by atoms with E-state index in [-0.39, 0.29) is 19.1 Å². The lowest BCUT2D eigenvalue weighted by Crippen LogP contribution is -2.23. The Labute approximate surface area is 163 Å². The van der Waals surface area contributed by atoms with Crippen LogP contribution in [0.25, 0.3) is 0 Å². The van der Waals surface area contributed by atoms with Crippen LogP contribution in [0.2, 0.25) is 0 Å². The minimum absolute atomic E-state index is 0.253. The average Bonchev–Trinajstić information content (AvgIpc) is 2.71. The minimum atomic E-state index is -0.540. The van der Waals surface area contributed by atoms with E-state index in [1.165, 1.54) is 21.3 Å². The summed E-state index contributed by atoms with van der Waals surface area (Å²) in [5, 5.41) is 5.40. The number of amides is 2. The number of anilines is 1. The monoisotopic (exact) mass is 388 g/mol. The lowest BCUT2D eigenvalue weighted by Gasteiger charge is -2.14. The van der Waals surface area contributed by atoms with Gasteiger partial charge in [-0.05, 0) is 48.9 Å². The molecule has 2 N–H and O–H groups in total. The fourth-order valence-electron chi connectivity index (χ4n) is 2.51. The van der Waals surface area contributed by atoms with E-state index in [0.717, 1.165) is 5.56 Å². The molecule has 0 aromatic heterocycles. The summed E-state index contributed by atoms with van der Waals surface area (Å²) in [6, 6.07) is 10.0. The minimum Gasteiger partial charge on any atom is -0.493 e. The molecule has 2 amide bonds. The molecule has 8 heteroatoms. The van der Waals surface area contributed by atoms with Crippen LogP contribution in [0.1, 0.15) is 22.8 Å². The van der Waals surface area contributed by atoms with Crippen LogP contribution in [-0.4, -0.2) is 39.9 Å². The summed E-state index contributed by atoms with van der Waals surface area (Å²) in [5.74, 6) is 1.27. The van der Waals surface area contributed by atoms with Crippen molar-refractivity contribution >= 4 is 17.7 Å². The highest BCUT2D eigenvalue weighted by Crippen LogP contribution is 2.38. The summed E-state index contributed by atoms with van der Waals surface area (Å²) >= 11 is 0. The molecule has 0 saturated carbocycles. The van der Waals surface area contributed by atoms with Crippen molar-refractivity contribution in [1.82, 2.24) is 5.32 Å². The van der Waals surface area contributed by atoms with E-state index in [9.17, 15) is 9.59 Å². The molecule has 2 rings (SSSR count). The molecule has 0 radical (unpaired) electrons. The Hall–Kier alpha value is -3.42. The van der Waals surface area contributed by atoms with Crippen molar-refractivity contribution < 1.29 is 28.5 Å². The molecule has 28 heavy (non-hydrogen) atoms. The molecule has 0 fully saturated rings. The Morgan fingerprint density at radius 2 is 1.54 bits per heavy atom. The number of ether oxygens (including phenoxy) is 4. The number of methoxy groups -OCH3 is 3. The molecule has 0 aliphatic carbocycles. The van der Waals surface area contributed by atoms with Gasteiger partial charge in [0, 0.05) is 17.8 Å². The number of rotatable bonds is 8. The second kappa shape index (κ2) is 10.1.